The van der Waals surface area contributed by atoms with Crippen molar-refractivity contribution in [3.05, 3.63) is 16.3 Å². The van der Waals surface area contributed by atoms with Crippen molar-refractivity contribution in [1.82, 2.24) is 5.32 Å². The van der Waals surface area contributed by atoms with Gasteiger partial charge in [0.25, 0.3) is 5.91 Å². The van der Waals surface area contributed by atoms with Crippen LogP contribution in [0.1, 0.15) is 22.5 Å². The number of carbonyl (C=O) groups is 1. The summed E-state index contributed by atoms with van der Waals surface area (Å²) in [5.74, 6) is 0.372. The lowest BCUT2D eigenvalue weighted by Crippen LogP contribution is -2.33. The van der Waals surface area contributed by atoms with E-state index in [9.17, 15) is 4.79 Å². The second kappa shape index (κ2) is 5.32. The lowest BCUT2D eigenvalue weighted by atomic mass is 10.0. The van der Waals surface area contributed by atoms with E-state index >= 15 is 0 Å². The van der Waals surface area contributed by atoms with Gasteiger partial charge in [-0.25, -0.2) is 0 Å². The third-order valence-electron chi connectivity index (χ3n) is 2.71. The maximum Gasteiger partial charge on any atom is 0.263 e. The molecule has 0 aromatic carbocycles. The average molecular weight is 240 g/mol. The number of carbonyl (C=O) groups excluding carboxylic acids is 1. The first-order valence-corrected chi connectivity index (χ1v) is 6.34. The summed E-state index contributed by atoms with van der Waals surface area (Å²) in [6, 6.07) is 1.75. The fraction of sp³-hybridized carbons (Fsp3) is 0.545. The Kier molecular flexibility index (Phi) is 3.79. The van der Waals surface area contributed by atoms with E-state index in [2.05, 4.69) is 5.32 Å². The molecule has 1 fully saturated rings. The third kappa shape index (κ3) is 2.74. The highest BCUT2D eigenvalue weighted by atomic mass is 32.1. The number of ether oxygens (including phenoxy) is 1. The molecule has 0 bridgehead atoms. The van der Waals surface area contributed by atoms with Crippen molar-refractivity contribution < 1.29 is 9.53 Å². The van der Waals surface area contributed by atoms with Gasteiger partial charge in [-0.05, 0) is 30.2 Å². The van der Waals surface area contributed by atoms with Crippen LogP contribution in [0.25, 0.3) is 0 Å². The minimum atomic E-state index is -0.0712. The summed E-state index contributed by atoms with van der Waals surface area (Å²) in [6.07, 6.45) is 2.21. The predicted octanol–water partition coefficient (Wildman–Crippen LogP) is 1.49. The van der Waals surface area contributed by atoms with Crippen LogP contribution < -0.4 is 11.1 Å². The van der Waals surface area contributed by atoms with E-state index in [0.29, 0.717) is 23.0 Å². The van der Waals surface area contributed by atoms with Gasteiger partial charge >= 0.3 is 0 Å². The number of rotatable bonds is 3. The van der Waals surface area contributed by atoms with Gasteiger partial charge in [-0.1, -0.05) is 0 Å². The van der Waals surface area contributed by atoms with E-state index in [0.717, 1.165) is 26.1 Å². The van der Waals surface area contributed by atoms with E-state index in [1.54, 1.807) is 6.07 Å². The molecular formula is C11H16N2O2S. The van der Waals surface area contributed by atoms with Crippen LogP contribution in [0.2, 0.25) is 0 Å². The molecule has 1 unspecified atom stereocenters. The molecule has 5 heteroatoms. The predicted molar refractivity (Wildman–Crippen MR) is 64.6 cm³/mol. The quantitative estimate of drug-likeness (QED) is 0.841. The summed E-state index contributed by atoms with van der Waals surface area (Å²) in [7, 11) is 0. The Hall–Kier alpha value is -1.07. The topological polar surface area (TPSA) is 64.4 Å². The molecule has 4 nitrogen and oxygen atoms in total. The Morgan fingerprint density at radius 2 is 2.56 bits per heavy atom. The highest BCUT2D eigenvalue weighted by Gasteiger charge is 2.16. The number of amides is 1. The van der Waals surface area contributed by atoms with Crippen LogP contribution >= 0.6 is 11.3 Å². The number of nitrogens with two attached hydrogens (primary N) is 1. The van der Waals surface area contributed by atoms with Crippen molar-refractivity contribution in [2.24, 2.45) is 5.92 Å². The van der Waals surface area contributed by atoms with Crippen LogP contribution in [-0.2, 0) is 4.74 Å². The SMILES string of the molecule is Nc1ccsc1C(=O)NCC1CCCOC1. The molecule has 1 aromatic rings. The van der Waals surface area contributed by atoms with Crippen molar-refractivity contribution in [3.8, 4) is 0 Å². The largest absolute Gasteiger partial charge is 0.397 e. The number of hydrogen-bond acceptors (Lipinski definition) is 4. The van der Waals surface area contributed by atoms with Crippen molar-refractivity contribution in [3.63, 3.8) is 0 Å². The Labute approximate surface area is 98.8 Å². The lowest BCUT2D eigenvalue weighted by Gasteiger charge is -2.22. The molecule has 2 rings (SSSR count). The lowest BCUT2D eigenvalue weighted by molar-refractivity contribution is 0.0537. The van der Waals surface area contributed by atoms with Crippen LogP contribution in [0, 0.1) is 5.92 Å². The summed E-state index contributed by atoms with van der Waals surface area (Å²) >= 11 is 1.38. The van der Waals surface area contributed by atoms with Gasteiger partial charge in [0.05, 0.1) is 12.3 Å². The zero-order valence-corrected chi connectivity index (χ0v) is 9.89. The number of hydrogen-bond donors (Lipinski definition) is 2. The van der Waals surface area contributed by atoms with Crippen LogP contribution in [-0.4, -0.2) is 25.7 Å². The number of nitrogens with one attached hydrogen (secondary N) is 1. The fourth-order valence-corrected chi connectivity index (χ4v) is 2.52. The first-order chi connectivity index (χ1) is 7.77. The molecule has 1 saturated heterocycles. The molecule has 1 atom stereocenters. The molecule has 0 aliphatic carbocycles. The molecule has 88 valence electrons. The van der Waals surface area contributed by atoms with E-state index in [1.807, 2.05) is 5.38 Å². The monoisotopic (exact) mass is 240 g/mol. The fourth-order valence-electron chi connectivity index (χ4n) is 1.79. The van der Waals surface area contributed by atoms with Gasteiger partial charge in [0.1, 0.15) is 4.88 Å². The zero-order valence-electron chi connectivity index (χ0n) is 9.07. The summed E-state index contributed by atoms with van der Waals surface area (Å²) in [4.78, 5) is 12.4. The first-order valence-electron chi connectivity index (χ1n) is 5.46. The van der Waals surface area contributed by atoms with Crippen molar-refractivity contribution in [2.75, 3.05) is 25.5 Å². The summed E-state index contributed by atoms with van der Waals surface area (Å²) in [5, 5.41) is 4.73. The molecule has 0 saturated carbocycles. The maximum absolute atomic E-state index is 11.7. The summed E-state index contributed by atoms with van der Waals surface area (Å²) in [5.41, 5.74) is 6.23. The Morgan fingerprint density at radius 3 is 3.19 bits per heavy atom. The van der Waals surface area contributed by atoms with Gasteiger partial charge in [0, 0.05) is 13.2 Å². The average Bonchev–Trinajstić information content (AvgIpc) is 2.74. The molecule has 2 heterocycles. The van der Waals surface area contributed by atoms with Gasteiger partial charge in [-0.2, -0.15) is 0 Å². The van der Waals surface area contributed by atoms with Crippen LogP contribution in [0.5, 0.6) is 0 Å². The van der Waals surface area contributed by atoms with Gasteiger partial charge in [-0.3, -0.25) is 4.79 Å². The van der Waals surface area contributed by atoms with E-state index < -0.39 is 0 Å². The van der Waals surface area contributed by atoms with Crippen molar-refractivity contribution in [1.29, 1.82) is 0 Å². The van der Waals surface area contributed by atoms with Crippen molar-refractivity contribution in [2.45, 2.75) is 12.8 Å². The first kappa shape index (κ1) is 11.4. The minimum Gasteiger partial charge on any atom is -0.397 e. The molecule has 3 N–H and O–H groups in total. The molecule has 0 radical (unpaired) electrons. The number of thiophene rings is 1. The second-order valence-corrected chi connectivity index (χ2v) is 4.91. The van der Waals surface area contributed by atoms with E-state index in [1.165, 1.54) is 11.3 Å². The maximum atomic E-state index is 11.7. The van der Waals surface area contributed by atoms with Crippen LogP contribution in [0.3, 0.4) is 0 Å². The van der Waals surface area contributed by atoms with Gasteiger partial charge in [0.15, 0.2) is 0 Å². The third-order valence-corrected chi connectivity index (χ3v) is 3.64. The van der Waals surface area contributed by atoms with Gasteiger partial charge < -0.3 is 15.8 Å². The molecule has 1 amide bonds. The molecule has 1 aliphatic heterocycles. The number of anilines is 1. The second-order valence-electron chi connectivity index (χ2n) is 4.00. The Balaban J connectivity index is 1.81. The standard InChI is InChI=1S/C11H16N2O2S/c12-9-3-5-16-10(9)11(14)13-6-8-2-1-4-15-7-8/h3,5,8H,1-2,4,6-7,12H2,(H,13,14). The number of nitrogen functional groups attached to an aromatic ring is 1. The highest BCUT2D eigenvalue weighted by Crippen LogP contribution is 2.19. The Bertz CT molecular complexity index is 359. The Morgan fingerprint density at radius 1 is 1.69 bits per heavy atom. The van der Waals surface area contributed by atoms with Gasteiger partial charge in [-0.15, -0.1) is 11.3 Å². The minimum absolute atomic E-state index is 0.0712. The van der Waals surface area contributed by atoms with E-state index in [4.69, 9.17) is 10.5 Å². The highest BCUT2D eigenvalue weighted by molar-refractivity contribution is 7.12. The zero-order chi connectivity index (χ0) is 11.4. The molecule has 16 heavy (non-hydrogen) atoms. The van der Waals surface area contributed by atoms with Crippen LogP contribution in [0.4, 0.5) is 5.69 Å². The molecule has 1 aromatic heterocycles. The van der Waals surface area contributed by atoms with Gasteiger partial charge in [0.2, 0.25) is 0 Å². The summed E-state index contributed by atoms with van der Waals surface area (Å²) < 4.78 is 5.36. The summed E-state index contributed by atoms with van der Waals surface area (Å²) in [6.45, 7) is 2.28. The van der Waals surface area contributed by atoms with Crippen molar-refractivity contribution >= 4 is 22.9 Å². The molecule has 1 aliphatic rings. The normalized spacial score (nSPS) is 20.6. The smallest absolute Gasteiger partial charge is 0.263 e. The van der Waals surface area contributed by atoms with Crippen LogP contribution in [0.15, 0.2) is 11.4 Å². The van der Waals surface area contributed by atoms with E-state index in [-0.39, 0.29) is 5.91 Å². The molecule has 0 spiro atoms. The molecular weight excluding hydrogens is 224 g/mol.